The first-order valence-electron chi connectivity index (χ1n) is 8.43. The Morgan fingerprint density at radius 2 is 1.62 bits per heavy atom. The third kappa shape index (κ3) is 6.02. The van der Waals surface area contributed by atoms with Crippen molar-refractivity contribution in [3.8, 4) is 6.07 Å². The van der Waals surface area contributed by atoms with E-state index in [0.717, 1.165) is 5.69 Å². The number of hydrogen-bond acceptors (Lipinski definition) is 2. The van der Waals surface area contributed by atoms with E-state index in [2.05, 4.69) is 37.0 Å². The number of nitriles is 1. The van der Waals surface area contributed by atoms with Gasteiger partial charge in [0.25, 0.3) is 0 Å². The molecule has 2 radical (unpaired) electrons. The second-order valence-corrected chi connectivity index (χ2v) is 11.3. The van der Waals surface area contributed by atoms with Crippen molar-refractivity contribution in [2.24, 2.45) is 0 Å². The summed E-state index contributed by atoms with van der Waals surface area (Å²) in [5.41, 5.74) is 0.732. The molecule has 0 bridgehead atoms. The zero-order valence-electron chi connectivity index (χ0n) is 13.8. The van der Waals surface area contributed by atoms with Gasteiger partial charge in [0, 0.05) is 0 Å². The van der Waals surface area contributed by atoms with Crippen molar-refractivity contribution in [1.82, 2.24) is 10.2 Å². The summed E-state index contributed by atoms with van der Waals surface area (Å²) >= 11 is -0.812. The number of H-pyrrole nitrogens is 1. The van der Waals surface area contributed by atoms with Crippen LogP contribution in [0.15, 0.2) is 6.20 Å². The van der Waals surface area contributed by atoms with Crippen molar-refractivity contribution < 1.29 is 0 Å². The molecule has 116 valence electrons. The Hall–Kier alpha value is -0.501. The molecule has 1 N–H and O–H groups in total. The fourth-order valence-electron chi connectivity index (χ4n) is 2.86. The van der Waals surface area contributed by atoms with Crippen LogP contribution in [0.5, 0.6) is 0 Å². The molecular formula is C17H29N3Sn. The van der Waals surface area contributed by atoms with Crippen molar-refractivity contribution in [1.29, 1.82) is 5.26 Å². The minimum atomic E-state index is -0.812. The maximum atomic E-state index is 9.24. The van der Waals surface area contributed by atoms with Gasteiger partial charge in [-0.15, -0.1) is 0 Å². The summed E-state index contributed by atoms with van der Waals surface area (Å²) in [4.78, 5) is 0. The summed E-state index contributed by atoms with van der Waals surface area (Å²) in [6.45, 7) is 6.86. The van der Waals surface area contributed by atoms with Crippen LogP contribution in [-0.2, 0) is 0 Å². The molecule has 0 saturated heterocycles. The Kier molecular flexibility index (Phi) is 9.06. The predicted molar refractivity (Wildman–Crippen MR) is 90.0 cm³/mol. The molecule has 0 fully saturated rings. The molecular weight excluding hydrogens is 365 g/mol. The van der Waals surface area contributed by atoms with Crippen molar-refractivity contribution in [2.45, 2.75) is 82.0 Å². The quantitative estimate of drug-likeness (QED) is 0.568. The monoisotopic (exact) mass is 395 g/mol. The zero-order chi connectivity index (χ0) is 15.6. The molecule has 0 aliphatic carbocycles. The second kappa shape index (κ2) is 10.3. The molecule has 1 heterocycles. The molecule has 1 rings (SSSR count). The Labute approximate surface area is 140 Å². The molecule has 0 saturated carbocycles. The first-order valence-corrected chi connectivity index (χ1v) is 11.3. The van der Waals surface area contributed by atoms with E-state index in [0.29, 0.717) is 3.43 Å². The number of hydrogen-bond donors (Lipinski definition) is 1. The van der Waals surface area contributed by atoms with Gasteiger partial charge >= 0.3 is 140 Å². The van der Waals surface area contributed by atoms with Gasteiger partial charge in [-0.1, -0.05) is 0 Å². The van der Waals surface area contributed by atoms with Gasteiger partial charge in [0.1, 0.15) is 0 Å². The number of aromatic amines is 1. The van der Waals surface area contributed by atoms with Crippen LogP contribution in [0, 0.1) is 11.3 Å². The fourth-order valence-corrected chi connectivity index (χ4v) is 8.12. The number of nitrogens with zero attached hydrogens (tertiary/aromatic N) is 2. The summed E-state index contributed by atoms with van der Waals surface area (Å²) in [6.07, 6.45) is 13.8. The maximum absolute atomic E-state index is 9.24. The van der Waals surface area contributed by atoms with Gasteiger partial charge in [-0.3, -0.25) is 0 Å². The standard InChI is InChI=1S/C13H27.C4H2N3.Sn/c1-4-7-10-13(11-8-5-2)12-9-6-3;5-3-4-1-2-6-7-4;/h4-12H2,1-3H3;2H,(H,6,7);. The van der Waals surface area contributed by atoms with E-state index in [1.807, 2.05) is 6.20 Å². The molecule has 0 aliphatic rings. The summed E-state index contributed by atoms with van der Waals surface area (Å²) in [5, 5.41) is 16.2. The van der Waals surface area contributed by atoms with E-state index in [1.54, 1.807) is 0 Å². The van der Waals surface area contributed by atoms with Crippen LogP contribution in [0.2, 0.25) is 3.43 Å². The van der Waals surface area contributed by atoms with Crippen molar-refractivity contribution in [3.05, 3.63) is 11.9 Å². The molecule has 3 nitrogen and oxygen atoms in total. The first kappa shape index (κ1) is 18.5. The van der Waals surface area contributed by atoms with E-state index in [-0.39, 0.29) is 0 Å². The Morgan fingerprint density at radius 1 is 1.10 bits per heavy atom. The number of rotatable bonds is 11. The second-order valence-electron chi connectivity index (χ2n) is 5.99. The minimum absolute atomic E-state index is 0.529. The zero-order valence-corrected chi connectivity index (χ0v) is 16.7. The van der Waals surface area contributed by atoms with Crippen LogP contribution in [0.1, 0.15) is 84.3 Å². The normalized spacial score (nSPS) is 11.5. The van der Waals surface area contributed by atoms with Gasteiger partial charge in [0.05, 0.1) is 0 Å². The molecule has 1 aromatic heterocycles. The van der Waals surface area contributed by atoms with E-state index in [1.165, 1.54) is 61.4 Å². The summed E-state index contributed by atoms with van der Waals surface area (Å²) in [6, 6.07) is 2.29. The van der Waals surface area contributed by atoms with Crippen molar-refractivity contribution >= 4 is 24.7 Å². The van der Waals surface area contributed by atoms with E-state index < -0.39 is 21.1 Å². The van der Waals surface area contributed by atoms with Crippen molar-refractivity contribution in [3.63, 3.8) is 0 Å². The fraction of sp³-hybridized carbons (Fsp3) is 0.765. The van der Waals surface area contributed by atoms with E-state index >= 15 is 0 Å². The molecule has 1 aromatic rings. The van der Waals surface area contributed by atoms with Gasteiger partial charge in [-0.2, -0.15) is 0 Å². The average molecular weight is 394 g/mol. The molecule has 0 unspecified atom stereocenters. The van der Waals surface area contributed by atoms with Gasteiger partial charge in [-0.25, -0.2) is 0 Å². The van der Waals surface area contributed by atoms with Crippen LogP contribution in [-0.4, -0.2) is 31.3 Å². The number of aromatic nitrogens is 2. The summed E-state index contributed by atoms with van der Waals surface area (Å²) < 4.78 is 1.81. The van der Waals surface area contributed by atoms with Crippen LogP contribution in [0.3, 0.4) is 0 Å². The molecule has 0 amide bonds. The Bertz CT molecular complexity index is 412. The van der Waals surface area contributed by atoms with Gasteiger partial charge in [0.15, 0.2) is 0 Å². The van der Waals surface area contributed by atoms with Crippen molar-refractivity contribution in [2.75, 3.05) is 0 Å². The van der Waals surface area contributed by atoms with Gasteiger partial charge < -0.3 is 0 Å². The van der Waals surface area contributed by atoms with Crippen LogP contribution < -0.4 is 3.58 Å². The van der Waals surface area contributed by atoms with Gasteiger partial charge in [0.2, 0.25) is 0 Å². The van der Waals surface area contributed by atoms with Crippen LogP contribution >= 0.6 is 0 Å². The van der Waals surface area contributed by atoms with Crippen LogP contribution in [0.4, 0.5) is 0 Å². The molecule has 4 heteroatoms. The summed E-state index contributed by atoms with van der Waals surface area (Å²) in [5.74, 6) is 0. The predicted octanol–water partition coefficient (Wildman–Crippen LogP) is 4.34. The molecule has 0 aromatic carbocycles. The van der Waals surface area contributed by atoms with Gasteiger partial charge in [-0.05, 0) is 0 Å². The molecule has 0 atom stereocenters. The SMILES string of the molecule is CCCC[C](CCCC)(CCCC)[Sn][c]1cn[nH]c1C#N. The topological polar surface area (TPSA) is 52.5 Å². The number of nitrogens with one attached hydrogen (secondary N) is 1. The average Bonchev–Trinajstić information content (AvgIpc) is 2.95. The Morgan fingerprint density at radius 3 is 2.05 bits per heavy atom. The molecule has 21 heavy (non-hydrogen) atoms. The van der Waals surface area contributed by atoms with E-state index in [4.69, 9.17) is 0 Å². The Balaban J connectivity index is 2.92. The van der Waals surface area contributed by atoms with E-state index in [9.17, 15) is 5.26 Å². The number of unbranched alkanes of at least 4 members (excludes halogenated alkanes) is 3. The molecule has 0 spiro atoms. The third-order valence-electron chi connectivity index (χ3n) is 4.18. The third-order valence-corrected chi connectivity index (χ3v) is 9.68. The molecule has 0 aliphatic heterocycles. The van der Waals surface area contributed by atoms with Crippen LogP contribution in [0.25, 0.3) is 0 Å². The summed E-state index contributed by atoms with van der Waals surface area (Å²) in [7, 11) is 0. The first-order chi connectivity index (χ1) is 10.2.